The van der Waals surface area contributed by atoms with Gasteiger partial charge in [-0.1, -0.05) is 33.8 Å². The van der Waals surface area contributed by atoms with Crippen LogP contribution in [0.25, 0.3) is 0 Å². The van der Waals surface area contributed by atoms with E-state index in [1.54, 1.807) is 0 Å². The fraction of sp³-hybridized carbons (Fsp3) is 0.529. The molecule has 0 aliphatic heterocycles. The number of benzene rings is 1. The molecule has 2 heteroatoms. The highest BCUT2D eigenvalue weighted by Crippen LogP contribution is 2.25. The van der Waals surface area contributed by atoms with Gasteiger partial charge >= 0.3 is 0 Å². The van der Waals surface area contributed by atoms with Gasteiger partial charge in [-0.25, -0.2) is 0 Å². The molecule has 0 fully saturated rings. The lowest BCUT2D eigenvalue weighted by molar-refractivity contribution is 0.629. The van der Waals surface area contributed by atoms with Gasteiger partial charge in [0, 0.05) is 0 Å². The Hall–Kier alpha value is -1.80. The Morgan fingerprint density at radius 2 is 1.58 bits per heavy atom. The molecule has 1 rings (SSSR count). The zero-order valence-corrected chi connectivity index (χ0v) is 12.3. The first-order valence-corrected chi connectivity index (χ1v) is 6.90. The Kier molecular flexibility index (Phi) is 5.58. The smallest absolute Gasteiger partial charge is 0.0994 e. The molecule has 0 heterocycles. The van der Waals surface area contributed by atoms with Gasteiger partial charge in [-0.05, 0) is 47.4 Å². The maximum atomic E-state index is 9.26. The zero-order valence-electron chi connectivity index (χ0n) is 12.3. The second-order valence-corrected chi connectivity index (χ2v) is 5.87. The molecule has 0 radical (unpaired) electrons. The molecule has 0 saturated carbocycles. The van der Waals surface area contributed by atoms with Gasteiger partial charge in [0.15, 0.2) is 0 Å². The molecule has 0 saturated heterocycles. The molecule has 19 heavy (non-hydrogen) atoms. The van der Waals surface area contributed by atoms with Crippen molar-refractivity contribution >= 4 is 0 Å². The quantitative estimate of drug-likeness (QED) is 0.796. The number of nitrogens with zero attached hydrogens (tertiary/aromatic N) is 2. The van der Waals surface area contributed by atoms with Crippen LogP contribution in [-0.2, 0) is 19.3 Å². The zero-order chi connectivity index (χ0) is 14.4. The van der Waals surface area contributed by atoms with Crippen LogP contribution in [0.3, 0.4) is 0 Å². The van der Waals surface area contributed by atoms with E-state index in [0.29, 0.717) is 18.3 Å². The van der Waals surface area contributed by atoms with Crippen LogP contribution in [0.1, 0.15) is 49.9 Å². The highest BCUT2D eigenvalue weighted by molar-refractivity contribution is 5.48. The molecule has 0 aromatic heterocycles. The lowest BCUT2D eigenvalue weighted by Crippen LogP contribution is -2.08. The van der Waals surface area contributed by atoms with Crippen LogP contribution in [-0.4, -0.2) is 0 Å². The minimum absolute atomic E-state index is 0.402. The molecule has 0 aliphatic rings. The first-order chi connectivity index (χ1) is 8.99. The fourth-order valence-electron chi connectivity index (χ4n) is 2.42. The first-order valence-electron chi connectivity index (χ1n) is 6.90. The topological polar surface area (TPSA) is 47.6 Å². The van der Waals surface area contributed by atoms with Gasteiger partial charge in [0.25, 0.3) is 0 Å². The van der Waals surface area contributed by atoms with Crippen LogP contribution < -0.4 is 0 Å². The third-order valence-electron chi connectivity index (χ3n) is 3.15. The lowest BCUT2D eigenvalue weighted by Gasteiger charge is -2.17. The van der Waals surface area contributed by atoms with Crippen LogP contribution in [0.15, 0.2) is 12.1 Å². The van der Waals surface area contributed by atoms with E-state index in [-0.39, 0.29) is 0 Å². The summed E-state index contributed by atoms with van der Waals surface area (Å²) in [6.45, 7) is 8.64. The van der Waals surface area contributed by atoms with Crippen molar-refractivity contribution in [2.24, 2.45) is 11.8 Å². The molecule has 0 bridgehead atoms. The van der Waals surface area contributed by atoms with Crippen LogP contribution in [0.4, 0.5) is 0 Å². The first kappa shape index (κ1) is 15.3. The molecule has 0 atom stereocenters. The van der Waals surface area contributed by atoms with Crippen LogP contribution in [0.2, 0.25) is 0 Å². The summed E-state index contributed by atoms with van der Waals surface area (Å²) in [5.41, 5.74) is 4.12. The van der Waals surface area contributed by atoms with Gasteiger partial charge in [-0.15, -0.1) is 0 Å². The Labute approximate surface area is 116 Å². The average Bonchev–Trinajstić information content (AvgIpc) is 2.32. The fourth-order valence-corrected chi connectivity index (χ4v) is 2.42. The van der Waals surface area contributed by atoms with E-state index in [1.165, 1.54) is 5.56 Å². The van der Waals surface area contributed by atoms with Crippen molar-refractivity contribution in [3.8, 4) is 12.1 Å². The summed E-state index contributed by atoms with van der Waals surface area (Å²) in [6.07, 6.45) is 2.24. The van der Waals surface area contributed by atoms with Crippen LogP contribution in [0.5, 0.6) is 0 Å². The molecule has 1 aromatic carbocycles. The highest BCUT2D eigenvalue weighted by Gasteiger charge is 2.15. The highest BCUT2D eigenvalue weighted by atomic mass is 14.3. The Morgan fingerprint density at radius 1 is 0.947 bits per heavy atom. The summed E-state index contributed by atoms with van der Waals surface area (Å²) in [5.74, 6) is 1.04. The Bertz CT molecular complexity index is 513. The molecule has 0 N–H and O–H groups in total. The minimum atomic E-state index is 0.402. The van der Waals surface area contributed by atoms with E-state index in [2.05, 4.69) is 39.8 Å². The van der Waals surface area contributed by atoms with Gasteiger partial charge in [-0.2, -0.15) is 10.5 Å². The summed E-state index contributed by atoms with van der Waals surface area (Å²) < 4.78 is 0. The summed E-state index contributed by atoms with van der Waals surface area (Å²) in [7, 11) is 0. The molecule has 100 valence electrons. The van der Waals surface area contributed by atoms with Gasteiger partial charge in [0.2, 0.25) is 0 Å². The Balaban J connectivity index is 3.36. The van der Waals surface area contributed by atoms with Crippen LogP contribution in [0, 0.1) is 34.5 Å². The molecular formula is C17H22N2. The predicted octanol–water partition coefficient (Wildman–Crippen LogP) is 4.02. The molecule has 1 aromatic rings. The summed E-state index contributed by atoms with van der Waals surface area (Å²) in [6, 6.07) is 8.46. The molecule has 0 spiro atoms. The number of hydrogen-bond acceptors (Lipinski definition) is 2. The third kappa shape index (κ3) is 4.11. The van der Waals surface area contributed by atoms with E-state index in [9.17, 15) is 5.26 Å². The van der Waals surface area contributed by atoms with Crippen molar-refractivity contribution in [1.29, 1.82) is 10.5 Å². The third-order valence-corrected chi connectivity index (χ3v) is 3.15. The van der Waals surface area contributed by atoms with Crippen molar-refractivity contribution in [2.75, 3.05) is 0 Å². The number of nitriles is 2. The average molecular weight is 254 g/mol. The maximum absolute atomic E-state index is 9.26. The number of hydrogen-bond donors (Lipinski definition) is 0. The van der Waals surface area contributed by atoms with Gasteiger partial charge in [-0.3, -0.25) is 0 Å². The monoisotopic (exact) mass is 254 g/mol. The second-order valence-electron chi connectivity index (χ2n) is 5.87. The summed E-state index contributed by atoms with van der Waals surface area (Å²) in [4.78, 5) is 0. The van der Waals surface area contributed by atoms with Gasteiger partial charge < -0.3 is 0 Å². The second kappa shape index (κ2) is 6.95. The molecule has 0 unspecified atom stereocenters. The van der Waals surface area contributed by atoms with Gasteiger partial charge in [0.05, 0.1) is 24.1 Å². The van der Waals surface area contributed by atoms with Crippen molar-refractivity contribution in [1.82, 2.24) is 0 Å². The van der Waals surface area contributed by atoms with E-state index in [0.717, 1.165) is 29.5 Å². The van der Waals surface area contributed by atoms with Crippen molar-refractivity contribution in [3.63, 3.8) is 0 Å². The normalized spacial score (nSPS) is 10.5. The van der Waals surface area contributed by atoms with Crippen LogP contribution >= 0.6 is 0 Å². The summed E-state index contributed by atoms with van der Waals surface area (Å²) in [5, 5.41) is 18.3. The predicted molar refractivity (Wildman–Crippen MR) is 77.6 cm³/mol. The van der Waals surface area contributed by atoms with E-state index in [4.69, 9.17) is 5.26 Å². The molecular weight excluding hydrogens is 232 g/mol. The van der Waals surface area contributed by atoms with E-state index in [1.807, 2.05) is 12.1 Å². The largest absolute Gasteiger partial charge is 0.198 e. The molecule has 0 amide bonds. The van der Waals surface area contributed by atoms with E-state index >= 15 is 0 Å². The van der Waals surface area contributed by atoms with Gasteiger partial charge in [0.1, 0.15) is 0 Å². The minimum Gasteiger partial charge on any atom is -0.198 e. The van der Waals surface area contributed by atoms with Crippen molar-refractivity contribution in [3.05, 3.63) is 34.4 Å². The maximum Gasteiger partial charge on any atom is 0.0994 e. The summed E-state index contributed by atoms with van der Waals surface area (Å²) >= 11 is 0. The van der Waals surface area contributed by atoms with Crippen molar-refractivity contribution < 1.29 is 0 Å². The van der Waals surface area contributed by atoms with E-state index < -0.39 is 0 Å². The standard InChI is InChI=1S/C17H22N2/c1-12(2)9-14-5-6-15(11-19)17(10-13(3)4)16(14)7-8-18/h5-6,12-13H,7,9-10H2,1-4H3. The number of rotatable bonds is 5. The lowest BCUT2D eigenvalue weighted by atomic mass is 9.86. The Morgan fingerprint density at radius 3 is 2.05 bits per heavy atom. The SMILES string of the molecule is CC(C)Cc1ccc(C#N)c(CC(C)C)c1CC#N. The molecule has 2 nitrogen and oxygen atoms in total. The molecule has 0 aliphatic carbocycles. The van der Waals surface area contributed by atoms with Crippen molar-refractivity contribution in [2.45, 2.75) is 47.0 Å².